The lowest BCUT2D eigenvalue weighted by molar-refractivity contribution is 0.104. The molecule has 9 heteroatoms. The van der Waals surface area contributed by atoms with Gasteiger partial charge in [-0.15, -0.1) is 0 Å². The van der Waals surface area contributed by atoms with E-state index in [1.54, 1.807) is 47.3 Å². The number of fused-ring (bicyclic) bond motifs is 1. The van der Waals surface area contributed by atoms with E-state index in [1.165, 1.54) is 24.5 Å². The molecule has 8 nitrogen and oxygen atoms in total. The molecule has 2 aromatic heterocycles. The van der Waals surface area contributed by atoms with E-state index in [-0.39, 0.29) is 11.5 Å². The second-order valence-electron chi connectivity index (χ2n) is 7.80. The second kappa shape index (κ2) is 8.20. The van der Waals surface area contributed by atoms with Crippen molar-refractivity contribution in [2.75, 3.05) is 10.6 Å². The van der Waals surface area contributed by atoms with Gasteiger partial charge in [0.15, 0.2) is 5.78 Å². The van der Waals surface area contributed by atoms with Crippen LogP contribution in [0.2, 0.25) is 0 Å². The third kappa shape index (κ3) is 4.19. The number of hydrogen-bond acceptors (Lipinski definition) is 5. The summed E-state index contributed by atoms with van der Waals surface area (Å²) in [6.45, 7) is 3.61. The van der Waals surface area contributed by atoms with Crippen LogP contribution in [0.4, 0.5) is 20.6 Å². The zero-order valence-electron chi connectivity index (χ0n) is 17.5. The van der Waals surface area contributed by atoms with E-state index in [9.17, 15) is 14.0 Å². The Morgan fingerprint density at radius 1 is 1.09 bits per heavy atom. The number of nitrogens with two attached hydrogens (primary N) is 1. The molecule has 32 heavy (non-hydrogen) atoms. The SMILES string of the molecule is CC(C)(N)n1cc(C(=O)c2cccc(NC(=O)Nc3ccccc3F)c2)c2cncnc21. The van der Waals surface area contributed by atoms with Gasteiger partial charge in [-0.1, -0.05) is 24.3 Å². The molecule has 0 saturated carbocycles. The highest BCUT2D eigenvalue weighted by molar-refractivity contribution is 6.16. The molecule has 2 heterocycles. The first-order valence-corrected chi connectivity index (χ1v) is 9.82. The van der Waals surface area contributed by atoms with E-state index in [1.807, 2.05) is 13.8 Å². The molecule has 0 aliphatic rings. The van der Waals surface area contributed by atoms with Crippen molar-refractivity contribution in [3.63, 3.8) is 0 Å². The fourth-order valence-corrected chi connectivity index (χ4v) is 3.33. The monoisotopic (exact) mass is 432 g/mol. The van der Waals surface area contributed by atoms with Gasteiger partial charge >= 0.3 is 6.03 Å². The van der Waals surface area contributed by atoms with Crippen LogP contribution in [-0.4, -0.2) is 26.3 Å². The van der Waals surface area contributed by atoms with Gasteiger partial charge in [0.05, 0.1) is 16.9 Å². The number of ketones is 1. The first-order chi connectivity index (χ1) is 15.2. The lowest BCUT2D eigenvalue weighted by atomic mass is 10.0. The standard InChI is InChI=1S/C23H21FN6O2/c1-23(2,25)30-12-17(16-11-26-13-27-21(16)30)20(31)14-6-5-7-15(10-14)28-22(32)29-19-9-4-3-8-18(19)24/h3-13H,25H2,1-2H3,(H2,28,29,32). The van der Waals surface area contributed by atoms with E-state index >= 15 is 0 Å². The summed E-state index contributed by atoms with van der Waals surface area (Å²) in [6, 6.07) is 11.7. The average molecular weight is 432 g/mol. The van der Waals surface area contributed by atoms with Crippen LogP contribution in [0.15, 0.2) is 67.3 Å². The molecule has 0 atom stereocenters. The number of anilines is 2. The van der Waals surface area contributed by atoms with Gasteiger partial charge in [-0.2, -0.15) is 0 Å². The van der Waals surface area contributed by atoms with Crippen molar-refractivity contribution >= 4 is 34.2 Å². The summed E-state index contributed by atoms with van der Waals surface area (Å²) in [5.41, 5.74) is 7.19. The Balaban J connectivity index is 1.61. The van der Waals surface area contributed by atoms with Gasteiger partial charge in [0.25, 0.3) is 0 Å². The van der Waals surface area contributed by atoms with E-state index < -0.39 is 17.5 Å². The Hall–Kier alpha value is -4.11. The first kappa shape index (κ1) is 21.1. The maximum absolute atomic E-state index is 13.8. The number of para-hydroxylation sites is 1. The number of hydrogen-bond donors (Lipinski definition) is 3. The Kier molecular flexibility index (Phi) is 5.41. The average Bonchev–Trinajstić information content (AvgIpc) is 3.15. The molecule has 4 rings (SSSR count). The van der Waals surface area contributed by atoms with Crippen molar-refractivity contribution in [1.82, 2.24) is 14.5 Å². The molecule has 2 aromatic carbocycles. The predicted molar refractivity (Wildman–Crippen MR) is 120 cm³/mol. The normalized spacial score (nSPS) is 11.4. The highest BCUT2D eigenvalue weighted by atomic mass is 19.1. The Bertz CT molecular complexity index is 1330. The fourth-order valence-electron chi connectivity index (χ4n) is 3.33. The lowest BCUT2D eigenvalue weighted by Crippen LogP contribution is -2.35. The van der Waals surface area contributed by atoms with Gasteiger partial charge in [-0.25, -0.2) is 19.2 Å². The van der Waals surface area contributed by atoms with Crippen molar-refractivity contribution in [3.05, 3.63) is 84.2 Å². The number of amides is 2. The van der Waals surface area contributed by atoms with Gasteiger partial charge < -0.3 is 20.9 Å². The zero-order chi connectivity index (χ0) is 22.9. The quantitative estimate of drug-likeness (QED) is 0.411. The van der Waals surface area contributed by atoms with Gasteiger partial charge in [-0.05, 0) is 38.1 Å². The van der Waals surface area contributed by atoms with Gasteiger partial charge in [0.1, 0.15) is 17.8 Å². The minimum Gasteiger partial charge on any atom is -0.314 e. The van der Waals surface area contributed by atoms with E-state index in [0.29, 0.717) is 27.8 Å². The maximum Gasteiger partial charge on any atom is 0.323 e. The molecule has 0 bridgehead atoms. The molecule has 0 aliphatic heterocycles. The maximum atomic E-state index is 13.8. The summed E-state index contributed by atoms with van der Waals surface area (Å²) in [4.78, 5) is 33.9. The van der Waals surface area contributed by atoms with Crippen LogP contribution >= 0.6 is 0 Å². The lowest BCUT2D eigenvalue weighted by Gasteiger charge is -2.21. The van der Waals surface area contributed by atoms with Gasteiger partial charge in [0.2, 0.25) is 0 Å². The topological polar surface area (TPSA) is 115 Å². The van der Waals surface area contributed by atoms with E-state index in [4.69, 9.17) is 5.73 Å². The molecule has 0 fully saturated rings. The number of nitrogens with zero attached hydrogens (tertiary/aromatic N) is 3. The third-order valence-electron chi connectivity index (χ3n) is 4.84. The van der Waals surface area contributed by atoms with Crippen molar-refractivity contribution < 1.29 is 14.0 Å². The smallest absolute Gasteiger partial charge is 0.314 e. The van der Waals surface area contributed by atoms with Crippen LogP contribution in [0.25, 0.3) is 11.0 Å². The number of carbonyl (C=O) groups is 2. The molecule has 0 unspecified atom stereocenters. The van der Waals surface area contributed by atoms with Crippen molar-refractivity contribution in [1.29, 1.82) is 0 Å². The molecule has 4 aromatic rings. The van der Waals surface area contributed by atoms with E-state index in [2.05, 4.69) is 20.6 Å². The Labute approximate surface area is 183 Å². The summed E-state index contributed by atoms with van der Waals surface area (Å²) in [6.07, 6.45) is 4.63. The Morgan fingerprint density at radius 3 is 2.62 bits per heavy atom. The second-order valence-corrected chi connectivity index (χ2v) is 7.80. The van der Waals surface area contributed by atoms with Crippen LogP contribution in [0.5, 0.6) is 0 Å². The molecule has 2 amide bonds. The number of rotatable bonds is 5. The number of aromatic nitrogens is 3. The first-order valence-electron chi connectivity index (χ1n) is 9.82. The minimum absolute atomic E-state index is 0.0504. The molecule has 0 aliphatic carbocycles. The van der Waals surface area contributed by atoms with Crippen LogP contribution in [0.1, 0.15) is 29.8 Å². The fraction of sp³-hybridized carbons (Fsp3) is 0.130. The van der Waals surface area contributed by atoms with Gasteiger partial charge in [0, 0.05) is 29.0 Å². The summed E-state index contributed by atoms with van der Waals surface area (Å²) >= 11 is 0. The Morgan fingerprint density at radius 2 is 1.88 bits per heavy atom. The van der Waals surface area contributed by atoms with Crippen LogP contribution in [-0.2, 0) is 5.66 Å². The van der Waals surface area contributed by atoms with Gasteiger partial charge in [-0.3, -0.25) is 4.79 Å². The molecular weight excluding hydrogens is 411 g/mol. The van der Waals surface area contributed by atoms with Crippen LogP contribution < -0.4 is 16.4 Å². The molecule has 0 spiro atoms. The zero-order valence-corrected chi connectivity index (χ0v) is 17.5. The number of carbonyl (C=O) groups excluding carboxylic acids is 2. The third-order valence-corrected chi connectivity index (χ3v) is 4.84. The summed E-state index contributed by atoms with van der Waals surface area (Å²) in [5, 5.41) is 5.63. The number of halogens is 1. The van der Waals surface area contributed by atoms with Crippen molar-refractivity contribution in [3.8, 4) is 0 Å². The molecule has 0 saturated heterocycles. The molecular formula is C23H21FN6O2. The van der Waals surface area contributed by atoms with Crippen molar-refractivity contribution in [2.45, 2.75) is 19.5 Å². The van der Waals surface area contributed by atoms with Crippen LogP contribution in [0, 0.1) is 5.82 Å². The van der Waals surface area contributed by atoms with Crippen LogP contribution in [0.3, 0.4) is 0 Å². The molecule has 162 valence electrons. The summed E-state index contributed by atoms with van der Waals surface area (Å²) in [7, 11) is 0. The number of nitrogens with one attached hydrogen (secondary N) is 2. The summed E-state index contributed by atoms with van der Waals surface area (Å²) < 4.78 is 15.5. The number of benzene rings is 2. The largest absolute Gasteiger partial charge is 0.323 e. The highest BCUT2D eigenvalue weighted by Crippen LogP contribution is 2.26. The molecule has 0 radical (unpaired) electrons. The predicted octanol–water partition coefficient (Wildman–Crippen LogP) is 4.10. The summed E-state index contributed by atoms with van der Waals surface area (Å²) in [5.74, 6) is -0.820. The van der Waals surface area contributed by atoms with Crippen molar-refractivity contribution in [2.24, 2.45) is 5.73 Å². The van der Waals surface area contributed by atoms with E-state index in [0.717, 1.165) is 0 Å². The molecule has 4 N–H and O–H groups in total. The number of urea groups is 1. The highest BCUT2D eigenvalue weighted by Gasteiger charge is 2.23. The minimum atomic E-state index is -0.778.